The molecule has 0 spiro atoms. The van der Waals surface area contributed by atoms with Crippen LogP contribution in [0.5, 0.6) is 5.75 Å². The molecular formula is C19H35N3O. The summed E-state index contributed by atoms with van der Waals surface area (Å²) < 4.78 is 0. The van der Waals surface area contributed by atoms with Gasteiger partial charge in [-0.15, -0.1) is 0 Å². The number of allylic oxidation sites excluding steroid dienone is 3. The molecule has 23 heavy (non-hydrogen) atoms. The fourth-order valence-electron chi connectivity index (χ4n) is 1.65. The van der Waals surface area contributed by atoms with E-state index in [9.17, 15) is 5.11 Å². The number of nitrogens with two attached hydrogens (primary N) is 2. The van der Waals surface area contributed by atoms with Gasteiger partial charge in [0.2, 0.25) is 0 Å². The first kappa shape index (κ1) is 23.2. The van der Waals surface area contributed by atoms with Crippen molar-refractivity contribution in [3.8, 4) is 5.75 Å². The van der Waals surface area contributed by atoms with Crippen molar-refractivity contribution in [3.63, 3.8) is 0 Å². The van der Waals surface area contributed by atoms with E-state index in [1.807, 2.05) is 66.7 Å². The molecule has 0 fully saturated rings. The molecule has 0 radical (unpaired) electrons. The summed E-state index contributed by atoms with van der Waals surface area (Å²) in [5.41, 5.74) is 14.6. The molecule has 1 aromatic rings. The summed E-state index contributed by atoms with van der Waals surface area (Å²) in [7, 11) is 0. The van der Waals surface area contributed by atoms with Crippen molar-refractivity contribution in [1.82, 2.24) is 5.32 Å². The number of rotatable bonds is 5. The van der Waals surface area contributed by atoms with Gasteiger partial charge in [0.1, 0.15) is 5.75 Å². The number of phenolic OH excluding ortho intramolecular Hbond substituents is 1. The molecule has 0 saturated heterocycles. The van der Waals surface area contributed by atoms with E-state index >= 15 is 0 Å². The molecule has 0 aliphatic heterocycles. The van der Waals surface area contributed by atoms with Crippen LogP contribution in [0.25, 0.3) is 0 Å². The van der Waals surface area contributed by atoms with Gasteiger partial charge in [0, 0.05) is 11.7 Å². The smallest absolute Gasteiger partial charge is 0.115 e. The van der Waals surface area contributed by atoms with Crippen molar-refractivity contribution >= 4 is 0 Å². The minimum atomic E-state index is 0.0619. The fraction of sp³-hybridized carbons (Fsp3) is 0.474. The normalized spacial score (nSPS) is 12.7. The highest BCUT2D eigenvalue weighted by atomic mass is 16.3. The van der Waals surface area contributed by atoms with Gasteiger partial charge >= 0.3 is 0 Å². The van der Waals surface area contributed by atoms with E-state index in [4.69, 9.17) is 11.5 Å². The highest BCUT2D eigenvalue weighted by Crippen LogP contribution is 2.17. The van der Waals surface area contributed by atoms with E-state index in [0.717, 1.165) is 23.3 Å². The lowest BCUT2D eigenvalue weighted by molar-refractivity contribution is 0.474. The quantitative estimate of drug-likeness (QED) is 0.600. The maximum Gasteiger partial charge on any atom is 0.115 e. The van der Waals surface area contributed by atoms with Gasteiger partial charge in [0.05, 0.1) is 5.82 Å². The van der Waals surface area contributed by atoms with E-state index < -0.39 is 0 Å². The van der Waals surface area contributed by atoms with Crippen LogP contribution < -0.4 is 16.8 Å². The SMILES string of the molecule is CC.CC.CC/C(N)=C/C(C)=C(\N)NC(C)c1ccc(O)cc1. The van der Waals surface area contributed by atoms with Crippen LogP contribution in [-0.2, 0) is 0 Å². The summed E-state index contributed by atoms with van der Waals surface area (Å²) in [6.07, 6.45) is 2.68. The fourth-order valence-corrected chi connectivity index (χ4v) is 1.65. The minimum Gasteiger partial charge on any atom is -0.508 e. The summed E-state index contributed by atoms with van der Waals surface area (Å²) in [6.45, 7) is 13.9. The second-order valence-corrected chi connectivity index (χ2v) is 4.63. The third kappa shape index (κ3) is 9.51. The molecule has 6 N–H and O–H groups in total. The zero-order chi connectivity index (χ0) is 18.4. The molecule has 0 aromatic heterocycles. The molecule has 1 rings (SSSR count). The van der Waals surface area contributed by atoms with E-state index in [1.54, 1.807) is 12.1 Å². The first-order valence-corrected chi connectivity index (χ1v) is 8.42. The monoisotopic (exact) mass is 321 g/mol. The van der Waals surface area contributed by atoms with Crippen molar-refractivity contribution in [1.29, 1.82) is 0 Å². The number of aromatic hydroxyl groups is 1. The van der Waals surface area contributed by atoms with Gasteiger partial charge in [-0.25, -0.2) is 0 Å². The van der Waals surface area contributed by atoms with Crippen LogP contribution in [-0.4, -0.2) is 5.11 Å². The van der Waals surface area contributed by atoms with Crippen LogP contribution in [0.2, 0.25) is 0 Å². The van der Waals surface area contributed by atoms with Crippen molar-refractivity contribution < 1.29 is 5.11 Å². The third-order valence-electron chi connectivity index (χ3n) is 3.00. The first-order valence-electron chi connectivity index (χ1n) is 8.42. The highest BCUT2D eigenvalue weighted by Gasteiger charge is 2.06. The Morgan fingerprint density at radius 2 is 1.61 bits per heavy atom. The Morgan fingerprint density at radius 1 is 1.13 bits per heavy atom. The molecule has 0 bridgehead atoms. The predicted octanol–water partition coefficient (Wildman–Crippen LogP) is 4.54. The average molecular weight is 322 g/mol. The van der Waals surface area contributed by atoms with Gasteiger partial charge < -0.3 is 21.9 Å². The Morgan fingerprint density at radius 3 is 2.04 bits per heavy atom. The molecule has 1 aromatic carbocycles. The Labute approximate surface area is 142 Å². The summed E-state index contributed by atoms with van der Waals surface area (Å²) in [4.78, 5) is 0. The predicted molar refractivity (Wildman–Crippen MR) is 102 cm³/mol. The largest absolute Gasteiger partial charge is 0.508 e. The Bertz CT molecular complexity index is 476. The van der Waals surface area contributed by atoms with Gasteiger partial charge in [-0.1, -0.05) is 46.8 Å². The van der Waals surface area contributed by atoms with Crippen LogP contribution in [0.1, 0.15) is 66.5 Å². The lowest BCUT2D eigenvalue weighted by Crippen LogP contribution is -2.24. The lowest BCUT2D eigenvalue weighted by atomic mass is 10.1. The highest BCUT2D eigenvalue weighted by molar-refractivity contribution is 5.29. The Kier molecular flexibility index (Phi) is 13.7. The summed E-state index contributed by atoms with van der Waals surface area (Å²) in [5.74, 6) is 0.867. The van der Waals surface area contributed by atoms with Gasteiger partial charge in [0.15, 0.2) is 0 Å². The summed E-state index contributed by atoms with van der Waals surface area (Å²) in [5, 5.41) is 12.5. The number of hydrogen-bond acceptors (Lipinski definition) is 4. The molecule has 0 aliphatic carbocycles. The van der Waals surface area contributed by atoms with Crippen molar-refractivity contribution in [2.24, 2.45) is 11.5 Å². The maximum atomic E-state index is 9.26. The first-order chi connectivity index (χ1) is 10.9. The van der Waals surface area contributed by atoms with Crippen LogP contribution in [0, 0.1) is 0 Å². The second-order valence-electron chi connectivity index (χ2n) is 4.63. The second kappa shape index (κ2) is 13.6. The molecule has 0 amide bonds. The maximum absolute atomic E-state index is 9.26. The topological polar surface area (TPSA) is 84.3 Å². The summed E-state index contributed by atoms with van der Waals surface area (Å²) in [6, 6.07) is 7.12. The van der Waals surface area contributed by atoms with Crippen LogP contribution in [0.3, 0.4) is 0 Å². The molecule has 4 heteroatoms. The standard InChI is InChI=1S/C15H23N3O.2C2H6/c1-4-13(16)9-10(2)15(17)18-11(3)12-5-7-14(19)8-6-12;2*1-2/h5-9,11,18-19H,4,16-17H2,1-3H3;2*1-2H3/b13-9-,15-10+;;. The molecule has 1 unspecified atom stereocenters. The zero-order valence-corrected chi connectivity index (χ0v) is 15.8. The zero-order valence-electron chi connectivity index (χ0n) is 15.8. The molecule has 132 valence electrons. The molecule has 0 aliphatic rings. The van der Waals surface area contributed by atoms with Crippen molar-refractivity contribution in [2.75, 3.05) is 0 Å². The van der Waals surface area contributed by atoms with Gasteiger partial charge in [-0.2, -0.15) is 0 Å². The lowest BCUT2D eigenvalue weighted by Gasteiger charge is -2.17. The third-order valence-corrected chi connectivity index (χ3v) is 3.00. The van der Waals surface area contributed by atoms with E-state index in [0.29, 0.717) is 5.82 Å². The number of phenols is 1. The molecule has 4 nitrogen and oxygen atoms in total. The average Bonchev–Trinajstić information content (AvgIpc) is 2.58. The Balaban J connectivity index is 0. The molecular weight excluding hydrogens is 286 g/mol. The van der Waals surface area contributed by atoms with E-state index in [2.05, 4.69) is 5.32 Å². The van der Waals surface area contributed by atoms with Crippen LogP contribution in [0.4, 0.5) is 0 Å². The van der Waals surface area contributed by atoms with Crippen molar-refractivity contribution in [2.45, 2.75) is 60.9 Å². The minimum absolute atomic E-state index is 0.0619. The number of hydrogen-bond donors (Lipinski definition) is 4. The van der Waals surface area contributed by atoms with Crippen LogP contribution in [0.15, 0.2) is 47.4 Å². The molecule has 0 heterocycles. The van der Waals surface area contributed by atoms with Crippen molar-refractivity contribution in [3.05, 3.63) is 53.0 Å². The van der Waals surface area contributed by atoms with Crippen LogP contribution >= 0.6 is 0 Å². The van der Waals surface area contributed by atoms with Gasteiger partial charge in [0.25, 0.3) is 0 Å². The van der Waals surface area contributed by atoms with E-state index in [-0.39, 0.29) is 11.8 Å². The Hall–Kier alpha value is -2.10. The number of nitrogens with one attached hydrogen (secondary N) is 1. The van der Waals surface area contributed by atoms with Gasteiger partial charge in [-0.3, -0.25) is 0 Å². The molecule has 1 atom stereocenters. The van der Waals surface area contributed by atoms with E-state index in [1.165, 1.54) is 0 Å². The number of benzene rings is 1. The van der Waals surface area contributed by atoms with Gasteiger partial charge in [-0.05, 0) is 49.6 Å². The summed E-state index contributed by atoms with van der Waals surface area (Å²) >= 11 is 0. The molecule has 0 saturated carbocycles.